The Balaban J connectivity index is 1.60. The van der Waals surface area contributed by atoms with E-state index in [1.54, 1.807) is 6.20 Å². The smallest absolute Gasteiger partial charge is 0.227 e. The second-order valence-corrected chi connectivity index (χ2v) is 8.66. The van der Waals surface area contributed by atoms with Crippen molar-refractivity contribution in [1.82, 2.24) is 15.0 Å². The van der Waals surface area contributed by atoms with Crippen molar-refractivity contribution in [3.8, 4) is 0 Å². The van der Waals surface area contributed by atoms with Gasteiger partial charge in [0.15, 0.2) is 0 Å². The van der Waals surface area contributed by atoms with Gasteiger partial charge in [-0.1, -0.05) is 45.1 Å². The third kappa shape index (κ3) is 4.52. The molecule has 0 bridgehead atoms. The number of hydrogen-bond acceptors (Lipinski definition) is 4. The zero-order valence-corrected chi connectivity index (χ0v) is 17.7. The van der Waals surface area contributed by atoms with Crippen molar-refractivity contribution in [2.75, 3.05) is 11.9 Å². The van der Waals surface area contributed by atoms with Crippen LogP contribution in [0.4, 0.5) is 11.6 Å². The molecule has 1 aliphatic rings. The highest BCUT2D eigenvalue weighted by Crippen LogP contribution is 2.28. The van der Waals surface area contributed by atoms with E-state index in [1.165, 1.54) is 5.69 Å². The minimum atomic E-state index is 0.0112. The highest BCUT2D eigenvalue weighted by molar-refractivity contribution is 5.85. The van der Waals surface area contributed by atoms with Gasteiger partial charge >= 0.3 is 0 Å². The van der Waals surface area contributed by atoms with Gasteiger partial charge in [0.05, 0.1) is 12.3 Å². The molecule has 5 heteroatoms. The molecule has 5 nitrogen and oxygen atoms in total. The molecule has 0 saturated heterocycles. The maximum atomic E-state index is 9.57. The zero-order valence-electron chi connectivity index (χ0n) is 17.7. The Bertz CT molecular complexity index is 1150. The van der Waals surface area contributed by atoms with Crippen molar-refractivity contribution in [3.63, 3.8) is 0 Å². The van der Waals surface area contributed by atoms with Gasteiger partial charge in [0.1, 0.15) is 0 Å². The topological polar surface area (TPSA) is 73.8 Å². The Morgan fingerprint density at radius 2 is 2.03 bits per heavy atom. The number of aliphatic hydroxyl groups excluding tert-OH is 1. The van der Waals surface area contributed by atoms with Crippen LogP contribution in [-0.4, -0.2) is 26.7 Å². The first-order valence-electron chi connectivity index (χ1n) is 10.3. The molecule has 4 rings (SSSR count). The average molecular weight is 401 g/mol. The van der Waals surface area contributed by atoms with Crippen LogP contribution in [0.5, 0.6) is 0 Å². The number of allylic oxidation sites excluding steroid dienone is 4. The summed E-state index contributed by atoms with van der Waals surface area (Å²) in [7, 11) is 0. The third-order valence-corrected chi connectivity index (χ3v) is 5.24. The molecular formula is C25H28N4O. The van der Waals surface area contributed by atoms with E-state index in [4.69, 9.17) is 4.98 Å². The van der Waals surface area contributed by atoms with Crippen molar-refractivity contribution >= 4 is 28.1 Å². The Labute approximate surface area is 177 Å². The number of rotatable bonds is 4. The molecule has 0 atom stereocenters. The van der Waals surface area contributed by atoms with Crippen molar-refractivity contribution in [2.45, 2.75) is 39.0 Å². The summed E-state index contributed by atoms with van der Waals surface area (Å²) in [6.45, 7) is 6.62. The van der Waals surface area contributed by atoms with E-state index in [9.17, 15) is 5.11 Å². The van der Waals surface area contributed by atoms with Gasteiger partial charge in [-0.05, 0) is 54.3 Å². The van der Waals surface area contributed by atoms with Gasteiger partial charge in [0.25, 0.3) is 0 Å². The molecule has 154 valence electrons. The van der Waals surface area contributed by atoms with Crippen LogP contribution in [0.15, 0.2) is 66.4 Å². The minimum absolute atomic E-state index is 0.0112. The Morgan fingerprint density at radius 1 is 1.17 bits per heavy atom. The minimum Gasteiger partial charge on any atom is -0.392 e. The largest absolute Gasteiger partial charge is 0.392 e. The molecule has 1 aliphatic carbocycles. The standard InChI is InChI=1S/C25H28N4O/c1-25(2,3)23-15-19-14-20(9-10-21(19)28-23)27-24-26-12-11-22(29-24)18-8-6-4-5-7-17(13-18)16-30/h4-5,7,9-15,28,30H,6,8,16H2,1-3H3,(H,26,27,29). The number of aromatic nitrogens is 3. The summed E-state index contributed by atoms with van der Waals surface area (Å²) < 4.78 is 0. The molecule has 0 aliphatic heterocycles. The second kappa shape index (κ2) is 8.28. The van der Waals surface area contributed by atoms with Gasteiger partial charge in [0, 0.05) is 33.9 Å². The normalized spacial score (nSPS) is 14.8. The van der Waals surface area contributed by atoms with Gasteiger partial charge in [-0.25, -0.2) is 9.97 Å². The number of nitrogens with zero attached hydrogens (tertiary/aromatic N) is 2. The van der Waals surface area contributed by atoms with Gasteiger partial charge in [-0.3, -0.25) is 0 Å². The number of aromatic amines is 1. The van der Waals surface area contributed by atoms with E-state index in [0.29, 0.717) is 5.95 Å². The fraction of sp³-hybridized carbons (Fsp3) is 0.280. The lowest BCUT2D eigenvalue weighted by atomic mass is 9.92. The van der Waals surface area contributed by atoms with Gasteiger partial charge in [-0.15, -0.1) is 0 Å². The number of benzene rings is 1. The zero-order chi connectivity index (χ0) is 21.1. The average Bonchev–Trinajstić information content (AvgIpc) is 3.12. The summed E-state index contributed by atoms with van der Waals surface area (Å²) in [6.07, 6.45) is 11.7. The number of nitrogens with one attached hydrogen (secondary N) is 2. The fourth-order valence-electron chi connectivity index (χ4n) is 3.51. The van der Waals surface area contributed by atoms with Crippen molar-refractivity contribution < 1.29 is 5.11 Å². The summed E-state index contributed by atoms with van der Waals surface area (Å²) in [5, 5.41) is 14.1. The van der Waals surface area contributed by atoms with Gasteiger partial charge in [-0.2, -0.15) is 0 Å². The molecule has 1 aromatic carbocycles. The lowest BCUT2D eigenvalue weighted by Crippen LogP contribution is -2.10. The van der Waals surface area contributed by atoms with Crippen LogP contribution in [-0.2, 0) is 5.41 Å². The van der Waals surface area contributed by atoms with Crippen LogP contribution in [0.25, 0.3) is 16.5 Å². The first-order valence-corrected chi connectivity index (χ1v) is 10.3. The summed E-state index contributed by atoms with van der Waals surface area (Å²) in [4.78, 5) is 12.6. The fourth-order valence-corrected chi connectivity index (χ4v) is 3.51. The quantitative estimate of drug-likeness (QED) is 0.529. The molecule has 0 radical (unpaired) electrons. The van der Waals surface area contributed by atoms with Crippen molar-refractivity contribution in [2.24, 2.45) is 0 Å². The number of anilines is 2. The van der Waals surface area contributed by atoms with Crippen LogP contribution < -0.4 is 5.32 Å². The second-order valence-electron chi connectivity index (χ2n) is 8.66. The number of fused-ring (bicyclic) bond motifs is 1. The summed E-state index contributed by atoms with van der Waals surface area (Å²) in [5.41, 5.74) is 6.21. The van der Waals surface area contributed by atoms with Gasteiger partial charge < -0.3 is 15.4 Å². The van der Waals surface area contributed by atoms with Crippen LogP contribution >= 0.6 is 0 Å². The number of hydrogen-bond donors (Lipinski definition) is 3. The van der Waals surface area contributed by atoms with E-state index >= 15 is 0 Å². The SMILES string of the molecule is CC(C)(C)c1cc2cc(Nc3nccc(C4=CC(CO)=CC=CCC4)n3)ccc2[nH]1. The molecule has 3 N–H and O–H groups in total. The molecule has 0 unspecified atom stereocenters. The van der Waals surface area contributed by atoms with E-state index in [0.717, 1.165) is 46.3 Å². The van der Waals surface area contributed by atoms with E-state index < -0.39 is 0 Å². The summed E-state index contributed by atoms with van der Waals surface area (Å²) >= 11 is 0. The highest BCUT2D eigenvalue weighted by atomic mass is 16.3. The maximum Gasteiger partial charge on any atom is 0.227 e. The molecule has 0 amide bonds. The lowest BCUT2D eigenvalue weighted by Gasteiger charge is -2.15. The van der Waals surface area contributed by atoms with Crippen LogP contribution in [0.2, 0.25) is 0 Å². The first kappa shape index (κ1) is 20.1. The van der Waals surface area contributed by atoms with E-state index in [2.05, 4.69) is 60.3 Å². The summed E-state index contributed by atoms with van der Waals surface area (Å²) in [5.74, 6) is 0.562. The third-order valence-electron chi connectivity index (χ3n) is 5.24. The molecule has 2 aromatic heterocycles. The lowest BCUT2D eigenvalue weighted by molar-refractivity contribution is 0.335. The van der Waals surface area contributed by atoms with Crippen molar-refractivity contribution in [3.05, 3.63) is 77.8 Å². The van der Waals surface area contributed by atoms with Crippen LogP contribution in [0, 0.1) is 0 Å². The molecule has 0 fully saturated rings. The summed E-state index contributed by atoms with van der Waals surface area (Å²) in [6, 6.07) is 10.4. The Hall–Kier alpha value is -3.18. The predicted molar refractivity (Wildman–Crippen MR) is 124 cm³/mol. The highest BCUT2D eigenvalue weighted by Gasteiger charge is 2.16. The Morgan fingerprint density at radius 3 is 2.83 bits per heavy atom. The predicted octanol–water partition coefficient (Wildman–Crippen LogP) is 5.65. The molecule has 2 heterocycles. The molecular weight excluding hydrogens is 372 g/mol. The molecule has 30 heavy (non-hydrogen) atoms. The number of H-pyrrole nitrogens is 1. The van der Waals surface area contributed by atoms with Crippen LogP contribution in [0.3, 0.4) is 0 Å². The van der Waals surface area contributed by atoms with Gasteiger partial charge in [0.2, 0.25) is 5.95 Å². The first-order chi connectivity index (χ1) is 14.4. The molecule has 3 aromatic rings. The van der Waals surface area contributed by atoms with Crippen LogP contribution in [0.1, 0.15) is 45.0 Å². The van der Waals surface area contributed by atoms with Crippen molar-refractivity contribution in [1.29, 1.82) is 0 Å². The monoisotopic (exact) mass is 400 g/mol. The molecule has 0 spiro atoms. The van der Waals surface area contributed by atoms with E-state index in [1.807, 2.05) is 30.4 Å². The maximum absolute atomic E-state index is 9.57. The number of aliphatic hydroxyl groups is 1. The van der Waals surface area contributed by atoms with E-state index in [-0.39, 0.29) is 12.0 Å². The molecule has 0 saturated carbocycles. The Kier molecular flexibility index (Phi) is 5.55.